The zero-order chi connectivity index (χ0) is 9.84. The molecule has 13 heavy (non-hydrogen) atoms. The molecule has 1 aromatic carbocycles. The molecular weight excluding hydrogens is 235 g/mol. The van der Waals surface area contributed by atoms with Crippen molar-refractivity contribution < 1.29 is 4.39 Å². The Morgan fingerprint density at radius 3 is 2.15 bits per heavy atom. The van der Waals surface area contributed by atoms with Gasteiger partial charge in [0.15, 0.2) is 0 Å². The van der Waals surface area contributed by atoms with Gasteiger partial charge in [0.2, 0.25) is 0 Å². The maximum absolute atomic E-state index is 11.8. The quantitative estimate of drug-likeness (QED) is 0.844. The van der Waals surface area contributed by atoms with Gasteiger partial charge in [-0.15, -0.1) is 0 Å². The second-order valence-corrected chi connectivity index (χ2v) is 3.61. The van der Waals surface area contributed by atoms with Gasteiger partial charge in [-0.05, 0) is 12.1 Å². The Bertz CT molecular complexity index is 280. The minimum absolute atomic E-state index is 0.182. The zero-order valence-corrected chi connectivity index (χ0v) is 8.85. The van der Waals surface area contributed by atoms with Gasteiger partial charge in [0.1, 0.15) is 6.67 Å². The van der Waals surface area contributed by atoms with Crippen molar-refractivity contribution in [3.63, 3.8) is 0 Å². The van der Waals surface area contributed by atoms with E-state index < -0.39 is 6.67 Å². The van der Waals surface area contributed by atoms with Crippen LogP contribution in [0.5, 0.6) is 0 Å². The SMILES string of the molecule is FCCNc1c(Cl)cc(Cl)cc1Cl. The number of rotatable bonds is 3. The molecule has 0 bridgehead atoms. The van der Waals surface area contributed by atoms with Crippen LogP contribution in [0.3, 0.4) is 0 Å². The summed E-state index contributed by atoms with van der Waals surface area (Å²) >= 11 is 17.3. The van der Waals surface area contributed by atoms with Gasteiger partial charge in [-0.3, -0.25) is 0 Å². The summed E-state index contributed by atoms with van der Waals surface area (Å²) in [6, 6.07) is 3.10. The summed E-state index contributed by atoms with van der Waals surface area (Å²) in [6.45, 7) is -0.295. The predicted molar refractivity (Wildman–Crippen MR) is 55.9 cm³/mol. The highest BCUT2D eigenvalue weighted by Crippen LogP contribution is 2.33. The average Bonchev–Trinajstić information content (AvgIpc) is 2.02. The first kappa shape index (κ1) is 10.9. The van der Waals surface area contributed by atoms with Crippen LogP contribution in [0.1, 0.15) is 0 Å². The van der Waals surface area contributed by atoms with E-state index in [0.29, 0.717) is 20.8 Å². The van der Waals surface area contributed by atoms with Crippen LogP contribution in [0.2, 0.25) is 15.1 Å². The molecule has 1 nitrogen and oxygen atoms in total. The van der Waals surface area contributed by atoms with Crippen molar-refractivity contribution in [1.29, 1.82) is 0 Å². The van der Waals surface area contributed by atoms with Gasteiger partial charge < -0.3 is 5.32 Å². The van der Waals surface area contributed by atoms with E-state index >= 15 is 0 Å². The molecule has 0 atom stereocenters. The number of halogens is 4. The van der Waals surface area contributed by atoms with E-state index in [9.17, 15) is 4.39 Å². The molecule has 5 heteroatoms. The maximum atomic E-state index is 11.8. The van der Waals surface area contributed by atoms with E-state index in [-0.39, 0.29) is 6.54 Å². The number of alkyl halides is 1. The van der Waals surface area contributed by atoms with Crippen LogP contribution >= 0.6 is 34.8 Å². The summed E-state index contributed by atoms with van der Waals surface area (Å²) in [5.74, 6) is 0. The maximum Gasteiger partial charge on any atom is 0.107 e. The van der Waals surface area contributed by atoms with E-state index in [1.807, 2.05) is 0 Å². The Labute approximate surface area is 90.8 Å². The lowest BCUT2D eigenvalue weighted by Crippen LogP contribution is -2.03. The Kier molecular flexibility index (Phi) is 4.10. The highest BCUT2D eigenvalue weighted by Gasteiger charge is 2.06. The van der Waals surface area contributed by atoms with Gasteiger partial charge in [-0.2, -0.15) is 0 Å². The van der Waals surface area contributed by atoms with E-state index in [1.54, 1.807) is 12.1 Å². The highest BCUT2D eigenvalue weighted by atomic mass is 35.5. The van der Waals surface area contributed by atoms with E-state index in [2.05, 4.69) is 5.32 Å². The van der Waals surface area contributed by atoms with E-state index in [1.165, 1.54) is 0 Å². The third-order valence-electron chi connectivity index (χ3n) is 1.40. The van der Waals surface area contributed by atoms with Gasteiger partial charge in [0.25, 0.3) is 0 Å². The van der Waals surface area contributed by atoms with Crippen LogP contribution < -0.4 is 5.32 Å². The van der Waals surface area contributed by atoms with Gasteiger partial charge in [-0.25, -0.2) is 4.39 Å². The lowest BCUT2D eigenvalue weighted by atomic mass is 10.3. The zero-order valence-electron chi connectivity index (χ0n) is 6.58. The molecule has 0 aromatic heterocycles. The predicted octanol–water partition coefficient (Wildman–Crippen LogP) is 4.03. The second-order valence-electron chi connectivity index (χ2n) is 2.36. The third-order valence-corrected chi connectivity index (χ3v) is 2.22. The van der Waals surface area contributed by atoms with Crippen molar-refractivity contribution in [2.45, 2.75) is 0 Å². The Balaban J connectivity index is 2.92. The van der Waals surface area contributed by atoms with Crippen molar-refractivity contribution in [2.24, 2.45) is 0 Å². The first-order chi connectivity index (χ1) is 6.15. The standard InChI is InChI=1S/C8H7Cl3FN/c9-5-3-6(10)8(7(11)4-5)13-2-1-12/h3-4,13H,1-2H2. The molecule has 0 aliphatic carbocycles. The van der Waals surface area contributed by atoms with Crippen LogP contribution in [0.4, 0.5) is 10.1 Å². The lowest BCUT2D eigenvalue weighted by Gasteiger charge is -2.08. The van der Waals surface area contributed by atoms with Crippen molar-refractivity contribution in [3.8, 4) is 0 Å². The minimum atomic E-state index is -0.477. The summed E-state index contributed by atoms with van der Waals surface area (Å²) in [6.07, 6.45) is 0. The smallest absolute Gasteiger partial charge is 0.107 e. The van der Waals surface area contributed by atoms with E-state index in [0.717, 1.165) is 0 Å². The molecule has 0 amide bonds. The number of hydrogen-bond donors (Lipinski definition) is 1. The Hall–Kier alpha value is -0.180. The molecule has 72 valence electrons. The monoisotopic (exact) mass is 241 g/mol. The molecule has 0 aliphatic rings. The highest BCUT2D eigenvalue weighted by molar-refractivity contribution is 6.41. The first-order valence-corrected chi connectivity index (χ1v) is 4.73. The average molecular weight is 243 g/mol. The van der Waals surface area contributed by atoms with Crippen LogP contribution in [0.25, 0.3) is 0 Å². The van der Waals surface area contributed by atoms with Crippen molar-refractivity contribution in [3.05, 3.63) is 27.2 Å². The largest absolute Gasteiger partial charge is 0.380 e. The number of benzene rings is 1. The van der Waals surface area contributed by atoms with E-state index in [4.69, 9.17) is 34.8 Å². The van der Waals surface area contributed by atoms with Gasteiger partial charge in [-0.1, -0.05) is 34.8 Å². The van der Waals surface area contributed by atoms with Gasteiger partial charge in [0, 0.05) is 11.6 Å². The molecule has 0 saturated carbocycles. The molecule has 0 aliphatic heterocycles. The molecule has 1 rings (SSSR count). The topological polar surface area (TPSA) is 12.0 Å². The van der Waals surface area contributed by atoms with Crippen LogP contribution in [0, 0.1) is 0 Å². The molecule has 1 aromatic rings. The fourth-order valence-electron chi connectivity index (χ4n) is 0.883. The lowest BCUT2D eigenvalue weighted by molar-refractivity contribution is 0.513. The third kappa shape index (κ3) is 2.90. The van der Waals surface area contributed by atoms with Crippen molar-refractivity contribution >= 4 is 40.5 Å². The number of nitrogens with one attached hydrogen (secondary N) is 1. The summed E-state index contributed by atoms with van der Waals surface area (Å²) in [7, 11) is 0. The first-order valence-electron chi connectivity index (χ1n) is 3.59. The molecule has 0 fully saturated rings. The van der Waals surface area contributed by atoms with Gasteiger partial charge >= 0.3 is 0 Å². The molecule has 0 heterocycles. The Morgan fingerprint density at radius 1 is 1.15 bits per heavy atom. The summed E-state index contributed by atoms with van der Waals surface area (Å²) in [4.78, 5) is 0. The number of anilines is 1. The van der Waals surface area contributed by atoms with Crippen LogP contribution in [0.15, 0.2) is 12.1 Å². The van der Waals surface area contributed by atoms with Crippen LogP contribution in [-0.4, -0.2) is 13.2 Å². The molecule has 0 radical (unpaired) electrons. The summed E-state index contributed by atoms with van der Waals surface area (Å²) in [5, 5.41) is 4.01. The fourth-order valence-corrected chi connectivity index (χ4v) is 1.83. The molecule has 0 saturated heterocycles. The Morgan fingerprint density at radius 2 is 1.69 bits per heavy atom. The molecule has 0 spiro atoms. The molecular formula is C8H7Cl3FN. The minimum Gasteiger partial charge on any atom is -0.380 e. The van der Waals surface area contributed by atoms with Gasteiger partial charge in [0.05, 0.1) is 15.7 Å². The van der Waals surface area contributed by atoms with Crippen molar-refractivity contribution in [1.82, 2.24) is 0 Å². The number of hydrogen-bond acceptors (Lipinski definition) is 1. The molecule has 0 unspecified atom stereocenters. The second kappa shape index (κ2) is 4.89. The van der Waals surface area contributed by atoms with Crippen LogP contribution in [-0.2, 0) is 0 Å². The van der Waals surface area contributed by atoms with Crippen molar-refractivity contribution in [2.75, 3.05) is 18.5 Å². The molecule has 1 N–H and O–H groups in total. The summed E-state index contributed by atoms with van der Waals surface area (Å²) in [5.41, 5.74) is 0.519. The summed E-state index contributed by atoms with van der Waals surface area (Å²) < 4.78 is 11.8. The normalized spacial score (nSPS) is 10.2. The fraction of sp³-hybridized carbons (Fsp3) is 0.250.